The van der Waals surface area contributed by atoms with Crippen LogP contribution in [0.15, 0.2) is 122 Å². The number of amides is 1. The molecule has 496 valence electrons. The highest BCUT2D eigenvalue weighted by atomic mass is 16.8. The third-order valence-corrected chi connectivity index (χ3v) is 15.3. The molecule has 0 aromatic heterocycles. The fourth-order valence-corrected chi connectivity index (χ4v) is 10.0. The standard InChI is InChI=1S/C68H111NO18/c1-3-5-7-8-9-10-11-12-13-14-15-16-17-18-19-20-21-22-23-24-25-26-27-28-29-30-31-32-33-34-35-36-37-38-39-40-41-42-44-46-56(74)69-51(52(73)45-43-6-4-2)50-82-66-62(80)59(77)64(54(48-71)84-66)87-68-63(81)60(78)65(55(49-72)85-68)86-67-61(79)58(76)57(75)53(47-70)83-67/h5,7,9-10,12-13,15-16,18-19,21-22,24-25,27-28,30-31,33-34,51-55,57-68,70-73,75-81H,3-4,6,8,11,14,17,20,23,26,29,32,35-50H2,1-2H3,(H,69,74)/b7-5-,10-9-,13-12-,16-15-,19-18-,22-21-,25-24-,28-27-,31-30-,34-33-. The number of nitrogens with one attached hydrogen (secondary N) is 1. The van der Waals surface area contributed by atoms with Gasteiger partial charge in [-0.15, -0.1) is 0 Å². The Balaban J connectivity index is 1.25. The van der Waals surface area contributed by atoms with E-state index >= 15 is 0 Å². The Morgan fingerprint density at radius 2 is 0.793 bits per heavy atom. The third kappa shape index (κ3) is 31.7. The summed E-state index contributed by atoms with van der Waals surface area (Å²) < 4.78 is 34.0. The zero-order chi connectivity index (χ0) is 63.3. The molecule has 87 heavy (non-hydrogen) atoms. The van der Waals surface area contributed by atoms with Gasteiger partial charge in [-0.05, 0) is 89.9 Å². The SMILES string of the molecule is CC/C=C\C/C=C\C/C=C\C/C=C\C/C=C\C/C=C\C/C=C\C/C=C\C/C=C\C/C=C\CCCCCCCCCCC(=O)NC(COC1OC(CO)C(OC2OC(CO)C(OC3OC(CO)C(O)C(O)C3O)C(O)C2O)C(O)C1O)C(O)CCCCC. The lowest BCUT2D eigenvalue weighted by Crippen LogP contribution is -2.66. The van der Waals surface area contributed by atoms with E-state index in [0.29, 0.717) is 19.3 Å². The van der Waals surface area contributed by atoms with E-state index in [-0.39, 0.29) is 18.9 Å². The molecule has 3 heterocycles. The van der Waals surface area contributed by atoms with Gasteiger partial charge in [-0.25, -0.2) is 0 Å². The van der Waals surface area contributed by atoms with Crippen molar-refractivity contribution in [3.8, 4) is 0 Å². The van der Waals surface area contributed by atoms with Gasteiger partial charge in [-0.3, -0.25) is 4.79 Å². The second-order valence-electron chi connectivity index (χ2n) is 22.5. The van der Waals surface area contributed by atoms with Crippen LogP contribution in [0.5, 0.6) is 0 Å². The summed E-state index contributed by atoms with van der Waals surface area (Å²) in [5.74, 6) is -0.270. The molecule has 1 amide bonds. The predicted octanol–water partition coefficient (Wildman–Crippen LogP) is 7.26. The van der Waals surface area contributed by atoms with Gasteiger partial charge in [0.15, 0.2) is 18.9 Å². The molecule has 19 nitrogen and oxygen atoms in total. The Hall–Kier alpha value is -3.81. The van der Waals surface area contributed by atoms with Gasteiger partial charge in [0.25, 0.3) is 0 Å². The first-order valence-corrected chi connectivity index (χ1v) is 32.3. The summed E-state index contributed by atoms with van der Waals surface area (Å²) >= 11 is 0. The molecule has 0 spiro atoms. The molecule has 3 rings (SSSR count). The average molecular weight is 1230 g/mol. The van der Waals surface area contributed by atoms with Crippen LogP contribution < -0.4 is 5.32 Å². The molecule has 0 bridgehead atoms. The van der Waals surface area contributed by atoms with E-state index in [1.807, 2.05) is 6.92 Å². The molecule has 17 unspecified atom stereocenters. The van der Waals surface area contributed by atoms with Crippen LogP contribution in [-0.4, -0.2) is 193 Å². The van der Waals surface area contributed by atoms with Crippen molar-refractivity contribution in [1.29, 1.82) is 0 Å². The van der Waals surface area contributed by atoms with Crippen molar-refractivity contribution in [3.63, 3.8) is 0 Å². The molecule has 0 aromatic rings. The number of carbonyl (C=O) groups excluding carboxylic acids is 1. The van der Waals surface area contributed by atoms with Crippen molar-refractivity contribution in [1.82, 2.24) is 5.32 Å². The van der Waals surface area contributed by atoms with Crippen molar-refractivity contribution in [2.75, 3.05) is 26.4 Å². The lowest BCUT2D eigenvalue weighted by Gasteiger charge is -2.48. The molecule has 0 radical (unpaired) electrons. The molecule has 17 atom stereocenters. The number of allylic oxidation sites excluding steroid dienone is 20. The monoisotopic (exact) mass is 1230 g/mol. The fourth-order valence-electron chi connectivity index (χ4n) is 10.0. The first kappa shape index (κ1) is 77.4. The minimum atomic E-state index is -1.98. The molecule has 3 aliphatic rings. The van der Waals surface area contributed by atoms with E-state index in [2.05, 4.69) is 134 Å². The van der Waals surface area contributed by atoms with E-state index in [9.17, 15) is 61.0 Å². The smallest absolute Gasteiger partial charge is 0.220 e. The highest BCUT2D eigenvalue weighted by Crippen LogP contribution is 2.33. The lowest BCUT2D eigenvalue weighted by molar-refractivity contribution is -0.379. The van der Waals surface area contributed by atoms with Gasteiger partial charge >= 0.3 is 0 Å². The van der Waals surface area contributed by atoms with Crippen molar-refractivity contribution < 1.29 is 89.4 Å². The van der Waals surface area contributed by atoms with Gasteiger partial charge < -0.3 is 89.9 Å². The summed E-state index contributed by atoms with van der Waals surface area (Å²) in [4.78, 5) is 13.2. The zero-order valence-electron chi connectivity index (χ0n) is 51.9. The van der Waals surface area contributed by atoms with Gasteiger partial charge in [-0.2, -0.15) is 0 Å². The summed E-state index contributed by atoms with van der Waals surface area (Å²) in [6.45, 7) is 1.44. The first-order valence-electron chi connectivity index (χ1n) is 32.3. The number of hydrogen-bond acceptors (Lipinski definition) is 18. The Labute approximate surface area is 518 Å². The molecule has 3 aliphatic heterocycles. The van der Waals surface area contributed by atoms with Crippen LogP contribution in [0, 0.1) is 0 Å². The fraction of sp³-hybridized carbons (Fsp3) is 0.691. The summed E-state index contributed by atoms with van der Waals surface area (Å²) in [5.41, 5.74) is 0. The van der Waals surface area contributed by atoms with Crippen LogP contribution in [0.4, 0.5) is 0 Å². The number of aliphatic hydroxyl groups is 11. The Morgan fingerprint density at radius 1 is 0.425 bits per heavy atom. The number of aliphatic hydroxyl groups excluding tert-OH is 11. The number of hydrogen-bond donors (Lipinski definition) is 12. The topological polar surface area (TPSA) is 307 Å². The molecule has 3 saturated heterocycles. The first-order chi connectivity index (χ1) is 42.3. The van der Waals surface area contributed by atoms with E-state index in [0.717, 1.165) is 116 Å². The van der Waals surface area contributed by atoms with Crippen molar-refractivity contribution in [2.24, 2.45) is 0 Å². The molecule has 0 aromatic carbocycles. The summed E-state index contributed by atoms with van der Waals surface area (Å²) in [5, 5.41) is 119. The molecule has 0 saturated carbocycles. The van der Waals surface area contributed by atoms with Crippen LogP contribution in [0.25, 0.3) is 0 Å². The van der Waals surface area contributed by atoms with E-state index in [4.69, 9.17) is 28.4 Å². The number of rotatable bonds is 46. The molecule has 12 N–H and O–H groups in total. The molecule has 0 aliphatic carbocycles. The van der Waals surface area contributed by atoms with Crippen LogP contribution in [-0.2, 0) is 33.2 Å². The van der Waals surface area contributed by atoms with Crippen molar-refractivity contribution >= 4 is 5.91 Å². The number of carbonyl (C=O) groups is 1. The maximum Gasteiger partial charge on any atom is 0.220 e. The van der Waals surface area contributed by atoms with E-state index in [1.54, 1.807) is 0 Å². The van der Waals surface area contributed by atoms with E-state index < -0.39 is 124 Å². The number of unbranched alkanes of at least 4 members (excludes halogenated alkanes) is 10. The van der Waals surface area contributed by atoms with Crippen molar-refractivity contribution in [2.45, 2.75) is 272 Å². The second kappa shape index (κ2) is 49.0. The quantitative estimate of drug-likeness (QED) is 0.0211. The normalized spacial score (nSPS) is 29.4. The minimum absolute atomic E-state index is 0.245. The maximum absolute atomic E-state index is 13.2. The van der Waals surface area contributed by atoms with Crippen LogP contribution >= 0.6 is 0 Å². The molecular weight excluding hydrogens is 1120 g/mol. The summed E-state index contributed by atoms with van der Waals surface area (Å²) in [6, 6.07) is -0.895. The third-order valence-electron chi connectivity index (χ3n) is 15.3. The van der Waals surface area contributed by atoms with Gasteiger partial charge in [0.2, 0.25) is 5.91 Å². The Morgan fingerprint density at radius 3 is 1.22 bits per heavy atom. The van der Waals surface area contributed by atoms with Crippen LogP contribution in [0.3, 0.4) is 0 Å². The Bertz CT molecular complexity index is 2050. The minimum Gasteiger partial charge on any atom is -0.394 e. The van der Waals surface area contributed by atoms with Gasteiger partial charge in [0.05, 0.1) is 38.6 Å². The van der Waals surface area contributed by atoms with Crippen LogP contribution in [0.1, 0.15) is 168 Å². The van der Waals surface area contributed by atoms with Crippen molar-refractivity contribution in [3.05, 3.63) is 122 Å². The largest absolute Gasteiger partial charge is 0.394 e. The van der Waals surface area contributed by atoms with Gasteiger partial charge in [0, 0.05) is 6.42 Å². The highest BCUT2D eigenvalue weighted by Gasteiger charge is 2.53. The average Bonchev–Trinajstić information content (AvgIpc) is 1.25. The Kier molecular flexibility index (Phi) is 43.6. The van der Waals surface area contributed by atoms with Gasteiger partial charge in [-0.1, -0.05) is 193 Å². The van der Waals surface area contributed by atoms with E-state index in [1.165, 1.54) is 12.8 Å². The van der Waals surface area contributed by atoms with Gasteiger partial charge in [0.1, 0.15) is 73.2 Å². The second-order valence-corrected chi connectivity index (χ2v) is 22.5. The van der Waals surface area contributed by atoms with Crippen LogP contribution in [0.2, 0.25) is 0 Å². The molecule has 19 heteroatoms. The maximum atomic E-state index is 13.2. The lowest BCUT2D eigenvalue weighted by atomic mass is 9.96. The predicted molar refractivity (Wildman–Crippen MR) is 336 cm³/mol. The highest BCUT2D eigenvalue weighted by molar-refractivity contribution is 5.76. The number of ether oxygens (including phenoxy) is 6. The zero-order valence-corrected chi connectivity index (χ0v) is 51.9. The summed E-state index contributed by atoms with van der Waals surface area (Å²) in [7, 11) is 0. The molecular formula is C68H111NO18. The summed E-state index contributed by atoms with van der Waals surface area (Å²) in [6.07, 6.45) is 40.1. The molecule has 3 fully saturated rings.